The fraction of sp³-hybridized carbons (Fsp3) is 0.692. The van der Waals surface area contributed by atoms with Gasteiger partial charge in [-0.05, 0) is 19.3 Å². The Bertz CT molecular complexity index is 395. The van der Waals surface area contributed by atoms with Crippen LogP contribution in [0, 0.1) is 12.8 Å². The number of carbonyl (C=O) groups excluding carboxylic acids is 1. The molecule has 4 N–H and O–H groups in total. The van der Waals surface area contributed by atoms with Gasteiger partial charge in [0.05, 0.1) is 6.04 Å². The molecule has 0 saturated heterocycles. The molecule has 1 atom stereocenters. The van der Waals surface area contributed by atoms with Gasteiger partial charge in [0, 0.05) is 11.8 Å². The number of nitrogens with two attached hydrogens (primary N) is 1. The van der Waals surface area contributed by atoms with Crippen molar-refractivity contribution in [3.8, 4) is 0 Å². The van der Waals surface area contributed by atoms with E-state index in [-0.39, 0.29) is 5.91 Å². The minimum absolute atomic E-state index is 0.132. The summed E-state index contributed by atoms with van der Waals surface area (Å²) in [5, 5.41) is 9.51. The normalized spacial score (nSPS) is 18.6. The molecule has 0 bridgehead atoms. The molecule has 5 nitrogen and oxygen atoms in total. The smallest absolute Gasteiger partial charge is 0.242 e. The number of rotatable bonds is 4. The first-order chi connectivity index (χ1) is 8.65. The maximum Gasteiger partial charge on any atom is 0.242 e. The summed E-state index contributed by atoms with van der Waals surface area (Å²) in [5.41, 5.74) is 6.88. The van der Waals surface area contributed by atoms with Crippen molar-refractivity contribution in [2.75, 3.05) is 5.32 Å². The number of hydrogen-bond donors (Lipinski definition) is 3. The molecule has 0 aliphatic heterocycles. The highest BCUT2D eigenvalue weighted by Gasteiger charge is 2.21. The molecular weight excluding hydrogens is 228 g/mol. The third-order valence-corrected chi connectivity index (χ3v) is 3.61. The molecule has 0 aromatic carbocycles. The number of nitrogens with one attached hydrogen (secondary N) is 2. The summed E-state index contributed by atoms with van der Waals surface area (Å²) in [6, 6.07) is 1.37. The topological polar surface area (TPSA) is 83.8 Å². The molecule has 1 unspecified atom stereocenters. The van der Waals surface area contributed by atoms with Gasteiger partial charge in [-0.15, -0.1) is 0 Å². The average Bonchev–Trinajstić information content (AvgIpc) is 2.76. The van der Waals surface area contributed by atoms with E-state index < -0.39 is 6.04 Å². The first-order valence-corrected chi connectivity index (χ1v) is 6.73. The van der Waals surface area contributed by atoms with E-state index in [9.17, 15) is 4.79 Å². The van der Waals surface area contributed by atoms with Crippen LogP contribution in [0.2, 0.25) is 0 Å². The van der Waals surface area contributed by atoms with Crippen LogP contribution in [0.25, 0.3) is 0 Å². The van der Waals surface area contributed by atoms with Crippen LogP contribution in [0.4, 0.5) is 5.82 Å². The van der Waals surface area contributed by atoms with Crippen LogP contribution in [0.3, 0.4) is 0 Å². The SMILES string of the molecule is Cc1cc(NC(=O)C(N)CC2CCCCC2)n[nH]1. The fourth-order valence-corrected chi connectivity index (χ4v) is 2.59. The standard InChI is InChI=1S/C13H22N4O/c1-9-7-12(17-16-9)15-13(18)11(14)8-10-5-3-2-4-6-10/h7,10-11H,2-6,8,14H2,1H3,(H2,15,16,17,18). The predicted octanol–water partition coefficient (Wildman–Crippen LogP) is 1.95. The van der Waals surface area contributed by atoms with Gasteiger partial charge in [-0.3, -0.25) is 9.89 Å². The van der Waals surface area contributed by atoms with E-state index in [1.54, 1.807) is 6.07 Å². The molecule has 1 fully saturated rings. The zero-order chi connectivity index (χ0) is 13.0. The zero-order valence-electron chi connectivity index (χ0n) is 10.9. The monoisotopic (exact) mass is 250 g/mol. The Kier molecular flexibility index (Phi) is 4.36. The van der Waals surface area contributed by atoms with E-state index in [0.717, 1.165) is 12.1 Å². The Morgan fingerprint density at radius 3 is 2.89 bits per heavy atom. The van der Waals surface area contributed by atoms with Crippen LogP contribution >= 0.6 is 0 Å². The molecule has 5 heteroatoms. The van der Waals surface area contributed by atoms with Crippen molar-refractivity contribution in [1.29, 1.82) is 0 Å². The van der Waals surface area contributed by atoms with Crippen LogP contribution in [-0.4, -0.2) is 22.1 Å². The molecule has 1 aromatic heterocycles. The third kappa shape index (κ3) is 3.57. The lowest BCUT2D eigenvalue weighted by Crippen LogP contribution is -2.37. The van der Waals surface area contributed by atoms with Gasteiger partial charge in [-0.25, -0.2) is 0 Å². The summed E-state index contributed by atoms with van der Waals surface area (Å²) in [6.45, 7) is 1.89. The lowest BCUT2D eigenvalue weighted by molar-refractivity contribution is -0.117. The van der Waals surface area contributed by atoms with Crippen molar-refractivity contribution in [3.05, 3.63) is 11.8 Å². The summed E-state index contributed by atoms with van der Waals surface area (Å²) in [4.78, 5) is 11.9. The number of nitrogens with zero attached hydrogens (tertiary/aromatic N) is 1. The van der Waals surface area contributed by atoms with Crippen molar-refractivity contribution in [2.45, 2.75) is 51.5 Å². The van der Waals surface area contributed by atoms with Gasteiger partial charge >= 0.3 is 0 Å². The Morgan fingerprint density at radius 1 is 1.56 bits per heavy atom. The largest absolute Gasteiger partial charge is 0.320 e. The van der Waals surface area contributed by atoms with E-state index >= 15 is 0 Å². The van der Waals surface area contributed by atoms with Crippen molar-refractivity contribution in [2.24, 2.45) is 11.7 Å². The van der Waals surface area contributed by atoms with Gasteiger partial charge in [0.25, 0.3) is 0 Å². The Hall–Kier alpha value is -1.36. The predicted molar refractivity (Wildman–Crippen MR) is 71.1 cm³/mol. The Balaban J connectivity index is 1.80. The first kappa shape index (κ1) is 13.1. The van der Waals surface area contributed by atoms with E-state index in [0.29, 0.717) is 11.7 Å². The van der Waals surface area contributed by atoms with E-state index in [1.165, 1.54) is 32.1 Å². The Labute approximate surface area is 108 Å². The maximum absolute atomic E-state index is 11.9. The van der Waals surface area contributed by atoms with Gasteiger partial charge in [0.15, 0.2) is 5.82 Å². The second-order valence-corrected chi connectivity index (χ2v) is 5.27. The van der Waals surface area contributed by atoms with Gasteiger partial charge in [-0.2, -0.15) is 5.10 Å². The molecule has 1 aliphatic rings. The molecule has 0 spiro atoms. The van der Waals surface area contributed by atoms with E-state index in [4.69, 9.17) is 5.73 Å². The molecule has 1 aromatic rings. The minimum Gasteiger partial charge on any atom is -0.320 e. The van der Waals surface area contributed by atoms with Gasteiger partial charge in [-0.1, -0.05) is 32.1 Å². The summed E-state index contributed by atoms with van der Waals surface area (Å²) < 4.78 is 0. The Morgan fingerprint density at radius 2 is 2.28 bits per heavy atom. The zero-order valence-corrected chi connectivity index (χ0v) is 10.9. The number of H-pyrrole nitrogens is 1. The molecule has 100 valence electrons. The molecule has 1 aliphatic carbocycles. The second kappa shape index (κ2) is 6.00. The summed E-state index contributed by atoms with van der Waals surface area (Å²) >= 11 is 0. The molecular formula is C13H22N4O. The van der Waals surface area contributed by atoms with E-state index in [1.807, 2.05) is 6.92 Å². The highest BCUT2D eigenvalue weighted by atomic mass is 16.2. The molecule has 1 saturated carbocycles. The number of amides is 1. The van der Waals surface area contributed by atoms with Crippen LogP contribution in [-0.2, 0) is 4.79 Å². The number of aromatic amines is 1. The number of anilines is 1. The second-order valence-electron chi connectivity index (χ2n) is 5.27. The van der Waals surface area contributed by atoms with Crippen LogP contribution in [0.15, 0.2) is 6.07 Å². The molecule has 18 heavy (non-hydrogen) atoms. The first-order valence-electron chi connectivity index (χ1n) is 6.73. The van der Waals surface area contributed by atoms with Gasteiger partial charge < -0.3 is 11.1 Å². The lowest BCUT2D eigenvalue weighted by Gasteiger charge is -2.23. The quantitative estimate of drug-likeness (QED) is 0.763. The number of aromatic nitrogens is 2. The molecule has 1 amide bonds. The highest BCUT2D eigenvalue weighted by molar-refractivity contribution is 5.93. The summed E-state index contributed by atoms with van der Waals surface area (Å²) in [6.07, 6.45) is 7.08. The van der Waals surface area contributed by atoms with Crippen molar-refractivity contribution in [3.63, 3.8) is 0 Å². The van der Waals surface area contributed by atoms with Gasteiger partial charge in [0.1, 0.15) is 0 Å². The third-order valence-electron chi connectivity index (χ3n) is 3.61. The highest BCUT2D eigenvalue weighted by Crippen LogP contribution is 2.27. The summed E-state index contributed by atoms with van der Waals surface area (Å²) in [7, 11) is 0. The van der Waals surface area contributed by atoms with Gasteiger partial charge in [0.2, 0.25) is 5.91 Å². The van der Waals surface area contributed by atoms with Crippen molar-refractivity contribution < 1.29 is 4.79 Å². The number of carbonyl (C=O) groups is 1. The van der Waals surface area contributed by atoms with Crippen molar-refractivity contribution >= 4 is 11.7 Å². The number of aryl methyl sites for hydroxylation is 1. The summed E-state index contributed by atoms with van der Waals surface area (Å²) in [5.74, 6) is 1.03. The fourth-order valence-electron chi connectivity index (χ4n) is 2.59. The van der Waals surface area contributed by atoms with Crippen LogP contribution < -0.4 is 11.1 Å². The average molecular weight is 250 g/mol. The van der Waals surface area contributed by atoms with Crippen LogP contribution in [0.5, 0.6) is 0 Å². The molecule has 1 heterocycles. The van der Waals surface area contributed by atoms with E-state index in [2.05, 4.69) is 15.5 Å². The number of hydrogen-bond acceptors (Lipinski definition) is 3. The maximum atomic E-state index is 11.9. The van der Waals surface area contributed by atoms with Crippen molar-refractivity contribution in [1.82, 2.24) is 10.2 Å². The molecule has 0 radical (unpaired) electrons. The van der Waals surface area contributed by atoms with Crippen LogP contribution in [0.1, 0.15) is 44.2 Å². The lowest BCUT2D eigenvalue weighted by atomic mass is 9.85. The molecule has 2 rings (SSSR count). The minimum atomic E-state index is -0.426.